The maximum atomic E-state index is 11.9. The van der Waals surface area contributed by atoms with Gasteiger partial charge in [0, 0.05) is 7.05 Å². The standard InChI is InChI=1S/C11H23N5O2S/c1-4-6-12-7-5-8-19(17,18)15-10(2)11-14-13-9-16(11)3/h9-10,12,15H,4-8H2,1-3H3. The van der Waals surface area contributed by atoms with Crippen molar-refractivity contribution in [3.8, 4) is 0 Å². The van der Waals surface area contributed by atoms with Crippen molar-refractivity contribution in [1.82, 2.24) is 24.8 Å². The highest BCUT2D eigenvalue weighted by Crippen LogP contribution is 2.09. The Labute approximate surface area is 114 Å². The van der Waals surface area contributed by atoms with E-state index in [0.29, 0.717) is 18.8 Å². The van der Waals surface area contributed by atoms with Gasteiger partial charge in [0.15, 0.2) is 0 Å². The lowest BCUT2D eigenvalue weighted by molar-refractivity contribution is 0.548. The van der Waals surface area contributed by atoms with E-state index in [1.807, 2.05) is 0 Å². The van der Waals surface area contributed by atoms with Crippen LogP contribution in [0.5, 0.6) is 0 Å². The zero-order valence-corrected chi connectivity index (χ0v) is 12.6. The Morgan fingerprint density at radius 1 is 1.42 bits per heavy atom. The Morgan fingerprint density at radius 3 is 2.74 bits per heavy atom. The van der Waals surface area contributed by atoms with E-state index in [-0.39, 0.29) is 11.8 Å². The quantitative estimate of drug-likeness (QED) is 0.633. The van der Waals surface area contributed by atoms with Crippen LogP contribution in [-0.4, -0.2) is 42.0 Å². The van der Waals surface area contributed by atoms with Crippen molar-refractivity contribution in [2.75, 3.05) is 18.8 Å². The van der Waals surface area contributed by atoms with Crippen LogP contribution < -0.4 is 10.0 Å². The van der Waals surface area contributed by atoms with E-state index >= 15 is 0 Å². The zero-order valence-electron chi connectivity index (χ0n) is 11.8. The molecule has 0 bridgehead atoms. The number of hydrogen-bond acceptors (Lipinski definition) is 5. The first-order valence-corrected chi connectivity index (χ1v) is 8.16. The average molecular weight is 289 g/mol. The van der Waals surface area contributed by atoms with E-state index in [9.17, 15) is 8.42 Å². The van der Waals surface area contributed by atoms with E-state index in [1.54, 1.807) is 24.9 Å². The van der Waals surface area contributed by atoms with Gasteiger partial charge in [0.1, 0.15) is 12.2 Å². The highest BCUT2D eigenvalue weighted by Gasteiger charge is 2.18. The van der Waals surface area contributed by atoms with Crippen LogP contribution in [0.4, 0.5) is 0 Å². The Kier molecular flexibility index (Phi) is 6.40. The van der Waals surface area contributed by atoms with Crippen molar-refractivity contribution in [3.63, 3.8) is 0 Å². The second-order valence-corrected chi connectivity index (χ2v) is 6.44. The average Bonchev–Trinajstić information content (AvgIpc) is 2.74. The molecule has 1 rings (SSSR count). The van der Waals surface area contributed by atoms with Gasteiger partial charge >= 0.3 is 0 Å². The normalized spacial score (nSPS) is 13.6. The fourth-order valence-corrected chi connectivity index (χ4v) is 3.04. The maximum Gasteiger partial charge on any atom is 0.212 e. The summed E-state index contributed by atoms with van der Waals surface area (Å²) in [6.07, 6.45) is 3.20. The van der Waals surface area contributed by atoms with Crippen LogP contribution in [0.1, 0.15) is 38.6 Å². The molecule has 0 aliphatic carbocycles. The molecular weight excluding hydrogens is 266 g/mol. The van der Waals surface area contributed by atoms with Gasteiger partial charge in [0.05, 0.1) is 11.8 Å². The lowest BCUT2D eigenvalue weighted by Gasteiger charge is -2.13. The first kappa shape index (κ1) is 16.1. The maximum absolute atomic E-state index is 11.9. The van der Waals surface area contributed by atoms with Crippen molar-refractivity contribution < 1.29 is 8.42 Å². The van der Waals surface area contributed by atoms with Gasteiger partial charge < -0.3 is 9.88 Å². The first-order valence-electron chi connectivity index (χ1n) is 6.51. The predicted octanol–water partition coefficient (Wildman–Crippen LogP) is 0.185. The summed E-state index contributed by atoms with van der Waals surface area (Å²) in [6, 6.07) is -0.374. The summed E-state index contributed by atoms with van der Waals surface area (Å²) < 4.78 is 28.1. The van der Waals surface area contributed by atoms with Crippen molar-refractivity contribution in [2.45, 2.75) is 32.7 Å². The first-order chi connectivity index (χ1) is 8.96. The number of nitrogens with one attached hydrogen (secondary N) is 2. The molecule has 0 saturated heterocycles. The molecule has 1 aromatic rings. The van der Waals surface area contributed by atoms with Gasteiger partial charge in [-0.2, -0.15) is 0 Å². The van der Waals surface area contributed by atoms with E-state index in [0.717, 1.165) is 13.0 Å². The molecule has 1 aromatic heterocycles. The molecule has 0 aromatic carbocycles. The Bertz CT molecular complexity index is 471. The van der Waals surface area contributed by atoms with Crippen molar-refractivity contribution in [3.05, 3.63) is 12.2 Å². The van der Waals surface area contributed by atoms with Gasteiger partial charge in [-0.05, 0) is 32.9 Å². The van der Waals surface area contributed by atoms with Gasteiger partial charge in [-0.3, -0.25) is 0 Å². The largest absolute Gasteiger partial charge is 0.319 e. The number of aromatic nitrogens is 3. The molecule has 110 valence electrons. The number of aryl methyl sites for hydroxylation is 1. The molecule has 0 aliphatic rings. The number of nitrogens with zero attached hydrogens (tertiary/aromatic N) is 3. The molecule has 1 atom stereocenters. The molecule has 0 saturated carbocycles. The van der Waals surface area contributed by atoms with Gasteiger partial charge in [-0.25, -0.2) is 13.1 Å². The zero-order chi connectivity index (χ0) is 14.3. The van der Waals surface area contributed by atoms with Gasteiger partial charge in [0.25, 0.3) is 0 Å². The van der Waals surface area contributed by atoms with Gasteiger partial charge in [0.2, 0.25) is 10.0 Å². The van der Waals surface area contributed by atoms with Gasteiger partial charge in [-0.15, -0.1) is 10.2 Å². The lowest BCUT2D eigenvalue weighted by atomic mass is 10.3. The highest BCUT2D eigenvalue weighted by molar-refractivity contribution is 7.89. The van der Waals surface area contributed by atoms with Gasteiger partial charge in [-0.1, -0.05) is 6.92 Å². The molecular formula is C11H23N5O2S. The van der Waals surface area contributed by atoms with Crippen LogP contribution in [0, 0.1) is 0 Å². The summed E-state index contributed by atoms with van der Waals surface area (Å²) >= 11 is 0. The summed E-state index contributed by atoms with van der Waals surface area (Å²) in [4.78, 5) is 0. The third-order valence-electron chi connectivity index (χ3n) is 2.68. The molecule has 7 nitrogen and oxygen atoms in total. The minimum Gasteiger partial charge on any atom is -0.319 e. The highest BCUT2D eigenvalue weighted by atomic mass is 32.2. The number of sulfonamides is 1. The van der Waals surface area contributed by atoms with Crippen molar-refractivity contribution in [2.24, 2.45) is 7.05 Å². The third kappa shape index (κ3) is 5.66. The molecule has 0 radical (unpaired) electrons. The molecule has 1 heterocycles. The molecule has 19 heavy (non-hydrogen) atoms. The molecule has 0 fully saturated rings. The van der Waals surface area contributed by atoms with E-state index in [2.05, 4.69) is 27.2 Å². The molecule has 0 aliphatic heterocycles. The monoisotopic (exact) mass is 289 g/mol. The van der Waals surface area contributed by atoms with Crippen LogP contribution in [0.3, 0.4) is 0 Å². The summed E-state index contributed by atoms with van der Waals surface area (Å²) in [5.74, 6) is 0.721. The second-order valence-electron chi connectivity index (χ2n) is 4.56. The second kappa shape index (κ2) is 7.56. The summed E-state index contributed by atoms with van der Waals surface area (Å²) in [6.45, 7) is 5.47. The molecule has 0 spiro atoms. The lowest BCUT2D eigenvalue weighted by Crippen LogP contribution is -2.31. The minimum atomic E-state index is -3.28. The van der Waals surface area contributed by atoms with Crippen molar-refractivity contribution in [1.29, 1.82) is 0 Å². The molecule has 0 amide bonds. The number of rotatable bonds is 9. The fraction of sp³-hybridized carbons (Fsp3) is 0.818. The molecule has 2 N–H and O–H groups in total. The van der Waals surface area contributed by atoms with Crippen LogP contribution in [0.15, 0.2) is 6.33 Å². The fourth-order valence-electron chi connectivity index (χ4n) is 1.75. The Morgan fingerprint density at radius 2 is 2.16 bits per heavy atom. The van der Waals surface area contributed by atoms with Crippen LogP contribution in [0.2, 0.25) is 0 Å². The third-order valence-corrected chi connectivity index (χ3v) is 4.22. The minimum absolute atomic E-state index is 0.117. The van der Waals surface area contributed by atoms with E-state index in [1.165, 1.54) is 0 Å². The number of hydrogen-bond donors (Lipinski definition) is 2. The summed E-state index contributed by atoms with van der Waals surface area (Å²) in [5.41, 5.74) is 0. The summed E-state index contributed by atoms with van der Waals surface area (Å²) in [7, 11) is -1.50. The summed E-state index contributed by atoms with van der Waals surface area (Å²) in [5, 5.41) is 10.8. The van der Waals surface area contributed by atoms with Crippen LogP contribution >= 0.6 is 0 Å². The van der Waals surface area contributed by atoms with E-state index < -0.39 is 10.0 Å². The predicted molar refractivity (Wildman–Crippen MR) is 74.1 cm³/mol. The van der Waals surface area contributed by atoms with E-state index in [4.69, 9.17) is 0 Å². The van der Waals surface area contributed by atoms with Crippen molar-refractivity contribution >= 4 is 10.0 Å². The van der Waals surface area contributed by atoms with Crippen LogP contribution in [-0.2, 0) is 17.1 Å². The Hall–Kier alpha value is -0.990. The smallest absolute Gasteiger partial charge is 0.212 e. The SMILES string of the molecule is CCCNCCCS(=O)(=O)NC(C)c1nncn1C. The molecule has 1 unspecified atom stereocenters. The molecule has 8 heteroatoms. The Balaban J connectivity index is 2.40. The topological polar surface area (TPSA) is 88.9 Å². The van der Waals surface area contributed by atoms with Crippen LogP contribution in [0.25, 0.3) is 0 Å².